The molecule has 1 aromatic carbocycles. The number of pyridine rings is 1. The van der Waals surface area contributed by atoms with Crippen molar-refractivity contribution in [1.29, 1.82) is 0 Å². The minimum absolute atomic E-state index is 0.141. The summed E-state index contributed by atoms with van der Waals surface area (Å²) < 4.78 is 14.3. The lowest BCUT2D eigenvalue weighted by molar-refractivity contribution is 0.529. The number of aromatic nitrogens is 1. The van der Waals surface area contributed by atoms with Gasteiger partial charge in [0, 0.05) is 11.1 Å². The maximum atomic E-state index is 14.3. The zero-order valence-corrected chi connectivity index (χ0v) is 10.1. The van der Waals surface area contributed by atoms with Crippen LogP contribution in [0.3, 0.4) is 0 Å². The van der Waals surface area contributed by atoms with Gasteiger partial charge in [-0.3, -0.25) is 4.98 Å². The van der Waals surface area contributed by atoms with Crippen LogP contribution in [0.1, 0.15) is 32.0 Å². The molecule has 2 heteroatoms. The summed E-state index contributed by atoms with van der Waals surface area (Å²) in [4.78, 5) is 4.32. The molecule has 2 aromatic rings. The number of aryl methyl sites for hydroxylation is 1. The SMILES string of the molecule is Cc1ccc2c(F)c(C(C)(C)C)ccc2n1. The quantitative estimate of drug-likeness (QED) is 0.650. The lowest BCUT2D eigenvalue weighted by Gasteiger charge is -2.20. The molecule has 84 valence electrons. The van der Waals surface area contributed by atoms with Crippen molar-refractivity contribution < 1.29 is 4.39 Å². The fraction of sp³-hybridized carbons (Fsp3) is 0.357. The van der Waals surface area contributed by atoms with Crippen LogP contribution in [0.4, 0.5) is 4.39 Å². The van der Waals surface area contributed by atoms with Crippen LogP contribution < -0.4 is 0 Å². The molecular weight excluding hydrogens is 201 g/mol. The van der Waals surface area contributed by atoms with Gasteiger partial charge in [-0.05, 0) is 36.1 Å². The van der Waals surface area contributed by atoms with E-state index in [4.69, 9.17) is 0 Å². The molecule has 0 N–H and O–H groups in total. The van der Waals surface area contributed by atoms with Crippen LogP contribution in [0, 0.1) is 12.7 Å². The molecule has 0 unspecified atom stereocenters. The summed E-state index contributed by atoms with van der Waals surface area (Å²) >= 11 is 0. The van der Waals surface area contributed by atoms with Crippen LogP contribution in [-0.4, -0.2) is 4.98 Å². The summed E-state index contributed by atoms with van der Waals surface area (Å²) in [5.74, 6) is -0.141. The van der Waals surface area contributed by atoms with E-state index < -0.39 is 0 Å². The van der Waals surface area contributed by atoms with E-state index in [0.717, 1.165) is 16.8 Å². The minimum Gasteiger partial charge on any atom is -0.253 e. The smallest absolute Gasteiger partial charge is 0.136 e. The fourth-order valence-electron chi connectivity index (χ4n) is 1.85. The van der Waals surface area contributed by atoms with Crippen LogP contribution in [0.15, 0.2) is 24.3 Å². The number of halogens is 1. The molecule has 1 heterocycles. The zero-order chi connectivity index (χ0) is 11.9. The molecule has 0 radical (unpaired) electrons. The molecule has 16 heavy (non-hydrogen) atoms. The molecule has 0 aliphatic heterocycles. The van der Waals surface area contributed by atoms with Gasteiger partial charge in [0.15, 0.2) is 0 Å². The molecule has 0 saturated carbocycles. The number of hydrogen-bond donors (Lipinski definition) is 0. The molecular formula is C14H16FN. The number of fused-ring (bicyclic) bond motifs is 1. The molecule has 0 atom stereocenters. The second-order valence-electron chi connectivity index (χ2n) is 5.20. The molecule has 0 saturated heterocycles. The van der Waals surface area contributed by atoms with Gasteiger partial charge in [0.25, 0.3) is 0 Å². The maximum Gasteiger partial charge on any atom is 0.136 e. The number of benzene rings is 1. The molecule has 0 spiro atoms. The molecule has 0 aliphatic carbocycles. The highest BCUT2D eigenvalue weighted by Gasteiger charge is 2.19. The topological polar surface area (TPSA) is 12.9 Å². The standard InChI is InChI=1S/C14H16FN/c1-9-5-6-10-12(16-9)8-7-11(13(10)15)14(2,3)4/h5-8H,1-4H3. The van der Waals surface area contributed by atoms with Gasteiger partial charge in [-0.25, -0.2) is 4.39 Å². The Kier molecular flexibility index (Phi) is 2.45. The Balaban J connectivity index is 2.75. The highest BCUT2D eigenvalue weighted by Crippen LogP contribution is 2.29. The minimum atomic E-state index is -0.177. The van der Waals surface area contributed by atoms with Gasteiger partial charge in [-0.1, -0.05) is 26.8 Å². The first kappa shape index (κ1) is 11.1. The van der Waals surface area contributed by atoms with Crippen LogP contribution in [0.2, 0.25) is 0 Å². The van der Waals surface area contributed by atoms with Gasteiger partial charge < -0.3 is 0 Å². The highest BCUT2D eigenvalue weighted by molar-refractivity contribution is 5.80. The Bertz CT molecular complexity index is 538. The molecule has 0 bridgehead atoms. The number of hydrogen-bond acceptors (Lipinski definition) is 1. The van der Waals surface area contributed by atoms with E-state index in [2.05, 4.69) is 4.98 Å². The Labute approximate surface area is 95.3 Å². The van der Waals surface area contributed by atoms with Crippen LogP contribution >= 0.6 is 0 Å². The van der Waals surface area contributed by atoms with Crippen molar-refractivity contribution in [3.05, 3.63) is 41.3 Å². The molecule has 1 aromatic heterocycles. The lowest BCUT2D eigenvalue weighted by Crippen LogP contribution is -2.13. The summed E-state index contributed by atoms with van der Waals surface area (Å²) in [5.41, 5.74) is 2.20. The first-order valence-corrected chi connectivity index (χ1v) is 5.46. The van der Waals surface area contributed by atoms with Gasteiger partial charge in [0.05, 0.1) is 5.52 Å². The Morgan fingerprint density at radius 1 is 1.06 bits per heavy atom. The third kappa shape index (κ3) is 1.80. The third-order valence-electron chi connectivity index (χ3n) is 2.75. The molecule has 0 fully saturated rings. The van der Waals surface area contributed by atoms with Gasteiger partial charge in [-0.2, -0.15) is 0 Å². The van der Waals surface area contributed by atoms with Gasteiger partial charge in [0.2, 0.25) is 0 Å². The second-order valence-corrected chi connectivity index (χ2v) is 5.20. The zero-order valence-electron chi connectivity index (χ0n) is 10.1. The average molecular weight is 217 g/mol. The average Bonchev–Trinajstić information content (AvgIpc) is 2.15. The van der Waals surface area contributed by atoms with E-state index in [0.29, 0.717) is 5.39 Å². The predicted molar refractivity (Wildman–Crippen MR) is 65.1 cm³/mol. The van der Waals surface area contributed by atoms with Crippen molar-refractivity contribution in [3.8, 4) is 0 Å². The molecule has 0 aliphatic rings. The first-order chi connectivity index (χ1) is 7.39. The van der Waals surface area contributed by atoms with E-state index in [-0.39, 0.29) is 11.2 Å². The van der Waals surface area contributed by atoms with Crippen molar-refractivity contribution in [2.45, 2.75) is 33.1 Å². The van der Waals surface area contributed by atoms with E-state index in [1.165, 1.54) is 0 Å². The van der Waals surface area contributed by atoms with Crippen molar-refractivity contribution in [2.24, 2.45) is 0 Å². The Hall–Kier alpha value is -1.44. The van der Waals surface area contributed by atoms with E-state index >= 15 is 0 Å². The van der Waals surface area contributed by atoms with E-state index in [1.807, 2.05) is 52.0 Å². The third-order valence-corrected chi connectivity index (χ3v) is 2.75. The molecule has 0 amide bonds. The largest absolute Gasteiger partial charge is 0.253 e. The van der Waals surface area contributed by atoms with Crippen molar-refractivity contribution in [3.63, 3.8) is 0 Å². The first-order valence-electron chi connectivity index (χ1n) is 5.46. The van der Waals surface area contributed by atoms with E-state index in [1.54, 1.807) is 0 Å². The Morgan fingerprint density at radius 3 is 2.38 bits per heavy atom. The van der Waals surface area contributed by atoms with Crippen LogP contribution in [0.25, 0.3) is 10.9 Å². The second kappa shape index (κ2) is 3.55. The number of rotatable bonds is 0. The summed E-state index contributed by atoms with van der Waals surface area (Å²) in [6.45, 7) is 7.95. The lowest BCUT2D eigenvalue weighted by atomic mass is 9.86. The van der Waals surface area contributed by atoms with Crippen molar-refractivity contribution >= 4 is 10.9 Å². The summed E-state index contributed by atoms with van der Waals surface area (Å²) in [7, 11) is 0. The fourth-order valence-corrected chi connectivity index (χ4v) is 1.85. The normalized spacial score (nSPS) is 12.1. The van der Waals surface area contributed by atoms with Gasteiger partial charge in [-0.15, -0.1) is 0 Å². The summed E-state index contributed by atoms with van der Waals surface area (Å²) in [6, 6.07) is 7.39. The summed E-state index contributed by atoms with van der Waals surface area (Å²) in [5, 5.41) is 0.609. The molecule has 1 nitrogen and oxygen atoms in total. The van der Waals surface area contributed by atoms with Crippen LogP contribution in [-0.2, 0) is 5.41 Å². The van der Waals surface area contributed by atoms with Crippen LogP contribution in [0.5, 0.6) is 0 Å². The molecule has 2 rings (SSSR count). The predicted octanol–water partition coefficient (Wildman–Crippen LogP) is 3.98. The summed E-state index contributed by atoms with van der Waals surface area (Å²) in [6.07, 6.45) is 0. The van der Waals surface area contributed by atoms with Crippen molar-refractivity contribution in [2.75, 3.05) is 0 Å². The van der Waals surface area contributed by atoms with E-state index in [9.17, 15) is 4.39 Å². The maximum absolute atomic E-state index is 14.3. The van der Waals surface area contributed by atoms with Crippen molar-refractivity contribution in [1.82, 2.24) is 4.98 Å². The monoisotopic (exact) mass is 217 g/mol. The highest BCUT2D eigenvalue weighted by atomic mass is 19.1. The van der Waals surface area contributed by atoms with Gasteiger partial charge in [0.1, 0.15) is 5.82 Å². The van der Waals surface area contributed by atoms with Gasteiger partial charge >= 0.3 is 0 Å². The Morgan fingerprint density at radius 2 is 1.75 bits per heavy atom. The number of nitrogens with zero attached hydrogens (tertiary/aromatic N) is 1.